The smallest absolute Gasteiger partial charge is 0.147 e. The summed E-state index contributed by atoms with van der Waals surface area (Å²) in [6.07, 6.45) is 3.21. The summed E-state index contributed by atoms with van der Waals surface area (Å²) in [4.78, 5) is 10.8. The number of rotatable bonds is 8. The molecule has 3 heterocycles. The summed E-state index contributed by atoms with van der Waals surface area (Å²) in [5, 5.41) is 0.387. The van der Waals surface area contributed by atoms with Crippen molar-refractivity contribution in [1.29, 1.82) is 0 Å². The molecule has 2 aliphatic heterocycles. The Hall–Kier alpha value is -3.93. The van der Waals surface area contributed by atoms with E-state index in [0.717, 1.165) is 52.5 Å². The van der Waals surface area contributed by atoms with Crippen molar-refractivity contribution in [2.24, 2.45) is 11.5 Å². The van der Waals surface area contributed by atoms with Crippen LogP contribution in [0.25, 0.3) is 5.69 Å². The zero-order valence-electron chi connectivity index (χ0n) is 25.0. The van der Waals surface area contributed by atoms with Crippen LogP contribution in [0.5, 0.6) is 11.5 Å². The third-order valence-corrected chi connectivity index (χ3v) is 8.76. The Morgan fingerprint density at radius 3 is 2.39 bits per heavy atom. The summed E-state index contributed by atoms with van der Waals surface area (Å²) in [6.45, 7) is 4.16. The Bertz CT molecular complexity index is 1640. The minimum absolute atomic E-state index is 0.240. The van der Waals surface area contributed by atoms with Gasteiger partial charge >= 0.3 is 0 Å². The lowest BCUT2D eigenvalue weighted by Gasteiger charge is -2.53. The van der Waals surface area contributed by atoms with Gasteiger partial charge in [0.25, 0.3) is 0 Å². The van der Waals surface area contributed by atoms with Gasteiger partial charge in [0.05, 0.1) is 32.1 Å². The minimum Gasteiger partial charge on any atom is -0.497 e. The number of aromatic nitrogens is 2. The Labute approximate surface area is 262 Å². The zero-order chi connectivity index (χ0) is 31.0. The van der Waals surface area contributed by atoms with Gasteiger partial charge in [-0.3, -0.25) is 15.5 Å². The molecular formula is C33H37ClFN7O2. The predicted molar refractivity (Wildman–Crippen MR) is 170 cm³/mol. The molecule has 0 radical (unpaired) electrons. The second-order valence-corrected chi connectivity index (χ2v) is 11.3. The maximum atomic E-state index is 14.2. The van der Waals surface area contributed by atoms with Crippen molar-refractivity contribution in [3.05, 3.63) is 113 Å². The number of methoxy groups -OCH3 is 2. The number of hydrogen-bond acceptors (Lipinski definition) is 8. The summed E-state index contributed by atoms with van der Waals surface area (Å²) < 4.78 is 27.3. The quantitative estimate of drug-likeness (QED) is 0.277. The summed E-state index contributed by atoms with van der Waals surface area (Å²) >= 11 is 6.12. The molecule has 0 bridgehead atoms. The molecule has 6 rings (SSSR count). The second kappa shape index (κ2) is 12.6. The van der Waals surface area contributed by atoms with Gasteiger partial charge in [0.2, 0.25) is 0 Å². The maximum Gasteiger partial charge on any atom is 0.147 e. The van der Waals surface area contributed by atoms with Gasteiger partial charge in [-0.25, -0.2) is 9.37 Å². The highest BCUT2D eigenvalue weighted by Crippen LogP contribution is 2.46. The van der Waals surface area contributed by atoms with Crippen LogP contribution in [0.3, 0.4) is 0 Å². The van der Waals surface area contributed by atoms with Crippen molar-refractivity contribution in [2.75, 3.05) is 32.2 Å². The van der Waals surface area contributed by atoms with Crippen LogP contribution in [0, 0.1) is 5.82 Å². The SMILES string of the molecule is CCN1C(N)C2=C(C(c3ccc(F)cc3)N(Cc3ccc(OC)cc3)CC2)N(c2ccc(-n3cnc(Cl)c3)c(OC)c2)C1N. The summed E-state index contributed by atoms with van der Waals surface area (Å²) in [5.74, 6) is 1.15. The highest BCUT2D eigenvalue weighted by atomic mass is 35.5. The van der Waals surface area contributed by atoms with Crippen molar-refractivity contribution in [3.63, 3.8) is 0 Å². The first-order valence-electron chi connectivity index (χ1n) is 14.6. The van der Waals surface area contributed by atoms with Crippen molar-refractivity contribution < 1.29 is 13.9 Å². The van der Waals surface area contributed by atoms with Gasteiger partial charge in [0, 0.05) is 43.3 Å². The van der Waals surface area contributed by atoms with Crippen LogP contribution in [-0.2, 0) is 6.54 Å². The Morgan fingerprint density at radius 2 is 1.75 bits per heavy atom. The molecule has 4 aromatic rings. The van der Waals surface area contributed by atoms with Gasteiger partial charge in [-0.15, -0.1) is 0 Å². The van der Waals surface area contributed by atoms with Crippen LogP contribution in [-0.4, -0.2) is 59.1 Å². The molecule has 3 atom stereocenters. The number of likely N-dealkylation sites (N-methyl/N-ethyl adjacent to an activating group) is 1. The first kappa shape index (κ1) is 30.1. The fourth-order valence-electron chi connectivity index (χ4n) is 6.40. The van der Waals surface area contributed by atoms with Crippen molar-refractivity contribution in [1.82, 2.24) is 19.4 Å². The molecule has 0 saturated heterocycles. The van der Waals surface area contributed by atoms with Crippen molar-refractivity contribution >= 4 is 17.3 Å². The lowest BCUT2D eigenvalue weighted by atomic mass is 9.87. The van der Waals surface area contributed by atoms with E-state index >= 15 is 0 Å². The lowest BCUT2D eigenvalue weighted by molar-refractivity contribution is 0.114. The molecule has 0 fully saturated rings. The minimum atomic E-state index is -0.559. The summed E-state index contributed by atoms with van der Waals surface area (Å²) in [7, 11) is 3.29. The maximum absolute atomic E-state index is 14.2. The zero-order valence-corrected chi connectivity index (χ0v) is 25.8. The molecule has 4 N–H and O–H groups in total. The largest absolute Gasteiger partial charge is 0.497 e. The van der Waals surface area contributed by atoms with Gasteiger partial charge in [0.15, 0.2) is 0 Å². The monoisotopic (exact) mass is 617 g/mol. The number of imidazole rings is 1. The number of halogens is 2. The van der Waals surface area contributed by atoms with Crippen LogP contribution in [0.1, 0.15) is 30.5 Å². The van der Waals surface area contributed by atoms with E-state index in [1.165, 1.54) is 12.1 Å². The summed E-state index contributed by atoms with van der Waals surface area (Å²) in [6, 6.07) is 20.5. The van der Waals surface area contributed by atoms with Crippen LogP contribution < -0.4 is 25.8 Å². The highest BCUT2D eigenvalue weighted by molar-refractivity contribution is 6.29. The van der Waals surface area contributed by atoms with E-state index in [1.54, 1.807) is 26.7 Å². The molecule has 0 saturated carbocycles. The number of nitrogens with zero attached hydrogens (tertiary/aromatic N) is 5. The first-order chi connectivity index (χ1) is 21.3. The fraction of sp³-hybridized carbons (Fsp3) is 0.303. The molecule has 3 aromatic carbocycles. The molecule has 9 nitrogen and oxygen atoms in total. The molecule has 0 spiro atoms. The highest BCUT2D eigenvalue weighted by Gasteiger charge is 2.44. The number of benzene rings is 3. The van der Waals surface area contributed by atoms with Crippen LogP contribution in [0.2, 0.25) is 5.15 Å². The van der Waals surface area contributed by atoms with Gasteiger partial charge in [-0.1, -0.05) is 42.8 Å². The average Bonchev–Trinajstić information content (AvgIpc) is 3.48. The van der Waals surface area contributed by atoms with Gasteiger partial charge in [-0.2, -0.15) is 0 Å². The fourth-order valence-corrected chi connectivity index (χ4v) is 6.55. The first-order valence-corrected chi connectivity index (χ1v) is 15.0. The molecule has 3 unspecified atom stereocenters. The van der Waals surface area contributed by atoms with E-state index in [9.17, 15) is 4.39 Å². The van der Waals surface area contributed by atoms with Gasteiger partial charge in [0.1, 0.15) is 35.1 Å². The Balaban J connectivity index is 1.49. The lowest BCUT2D eigenvalue weighted by Crippen LogP contribution is -2.66. The van der Waals surface area contributed by atoms with Crippen LogP contribution in [0.4, 0.5) is 10.1 Å². The van der Waals surface area contributed by atoms with Crippen LogP contribution in [0.15, 0.2) is 90.5 Å². The molecule has 230 valence electrons. The van der Waals surface area contributed by atoms with Crippen molar-refractivity contribution in [2.45, 2.75) is 38.4 Å². The third kappa shape index (κ3) is 5.55. The number of anilines is 1. The normalized spacial score (nSPS) is 21.0. The molecule has 0 amide bonds. The molecule has 2 aliphatic rings. The van der Waals surface area contributed by atoms with E-state index in [2.05, 4.69) is 38.7 Å². The molecular weight excluding hydrogens is 581 g/mol. The second-order valence-electron chi connectivity index (χ2n) is 11.0. The summed E-state index contributed by atoms with van der Waals surface area (Å²) in [5.41, 5.74) is 19.9. The van der Waals surface area contributed by atoms with Gasteiger partial charge < -0.3 is 24.7 Å². The van der Waals surface area contributed by atoms with E-state index < -0.39 is 6.29 Å². The molecule has 1 aromatic heterocycles. The topological polar surface area (TPSA) is 98.0 Å². The number of ether oxygens (including phenoxy) is 2. The van der Waals surface area contributed by atoms with Gasteiger partial charge in [-0.05, 0) is 59.5 Å². The number of hydrogen-bond donors (Lipinski definition) is 2. The third-order valence-electron chi connectivity index (χ3n) is 8.57. The van der Waals surface area contributed by atoms with E-state index in [4.69, 9.17) is 32.5 Å². The molecule has 44 heavy (non-hydrogen) atoms. The molecule has 11 heteroatoms. The molecule has 0 aliphatic carbocycles. The average molecular weight is 618 g/mol. The standard InChI is InChI=1S/C33H37ClFN7O2/c1-4-41-32(36)26-15-16-39(18-21-5-12-25(43-2)13-6-21)30(22-7-9-23(35)10-8-22)31(26)42(33(41)37)24-11-14-27(28(17-24)44-3)40-19-29(34)38-20-40/h5-14,17,19-20,30,32-33H,4,15-16,18,36-37H2,1-3H3. The van der Waals surface area contributed by atoms with E-state index in [-0.39, 0.29) is 18.0 Å². The van der Waals surface area contributed by atoms with E-state index in [0.29, 0.717) is 24.0 Å². The Morgan fingerprint density at radius 1 is 1.00 bits per heavy atom. The van der Waals surface area contributed by atoms with E-state index in [1.807, 2.05) is 47.0 Å². The van der Waals surface area contributed by atoms with Crippen molar-refractivity contribution in [3.8, 4) is 17.2 Å². The number of nitrogens with two attached hydrogens (primary N) is 2. The predicted octanol–water partition coefficient (Wildman–Crippen LogP) is 5.25. The Kier molecular flexibility index (Phi) is 8.61. The van der Waals surface area contributed by atoms with Crippen LogP contribution >= 0.6 is 11.6 Å².